The molecular formula is C13H16N6O2. The quantitative estimate of drug-likeness (QED) is 0.652. The number of nitrogens with two attached hydrogens (primary N) is 1. The minimum absolute atomic E-state index is 0.108. The van der Waals surface area contributed by atoms with Crippen LogP contribution in [0.5, 0.6) is 0 Å². The van der Waals surface area contributed by atoms with Gasteiger partial charge in [-0.25, -0.2) is 9.67 Å². The molecule has 2 amide bonds. The molecule has 2 aromatic rings. The number of nitrogens with zero attached hydrogens (tertiary/aromatic N) is 3. The maximum absolute atomic E-state index is 11.7. The molecule has 0 radical (unpaired) electrons. The van der Waals surface area contributed by atoms with Gasteiger partial charge >= 0.3 is 0 Å². The van der Waals surface area contributed by atoms with Crippen LogP contribution in [-0.4, -0.2) is 39.7 Å². The Kier molecular flexibility index (Phi) is 4.99. The lowest BCUT2D eigenvalue weighted by Gasteiger charge is -2.08. The van der Waals surface area contributed by atoms with Crippen molar-refractivity contribution in [3.8, 4) is 0 Å². The van der Waals surface area contributed by atoms with E-state index in [2.05, 4.69) is 20.7 Å². The second-order valence-corrected chi connectivity index (χ2v) is 4.32. The van der Waals surface area contributed by atoms with Gasteiger partial charge in [0.1, 0.15) is 12.7 Å². The van der Waals surface area contributed by atoms with Gasteiger partial charge in [0.05, 0.1) is 19.6 Å². The standard InChI is InChI=1S/C13H16N6O2/c14-5-12(20)16-6-13(21)18-11-3-1-2-10(4-11)7-19-9-15-8-17-19/h1-4,8-9H,5-7,14H2,(H,16,20)(H,18,21). The maximum Gasteiger partial charge on any atom is 0.243 e. The first kappa shape index (κ1) is 14.7. The zero-order valence-corrected chi connectivity index (χ0v) is 11.3. The summed E-state index contributed by atoms with van der Waals surface area (Å²) >= 11 is 0. The summed E-state index contributed by atoms with van der Waals surface area (Å²) in [6.07, 6.45) is 3.08. The molecule has 1 heterocycles. The Labute approximate surface area is 121 Å². The van der Waals surface area contributed by atoms with Crippen molar-refractivity contribution >= 4 is 17.5 Å². The van der Waals surface area contributed by atoms with Crippen LogP contribution in [0.1, 0.15) is 5.56 Å². The molecule has 0 aliphatic rings. The highest BCUT2D eigenvalue weighted by molar-refractivity contribution is 5.94. The molecular weight excluding hydrogens is 272 g/mol. The molecule has 0 saturated heterocycles. The first-order valence-corrected chi connectivity index (χ1v) is 6.35. The van der Waals surface area contributed by atoms with Crippen LogP contribution in [0.15, 0.2) is 36.9 Å². The number of anilines is 1. The SMILES string of the molecule is NCC(=O)NCC(=O)Nc1cccc(Cn2cncn2)c1. The summed E-state index contributed by atoms with van der Waals surface area (Å²) in [5.41, 5.74) is 6.77. The van der Waals surface area contributed by atoms with E-state index in [-0.39, 0.29) is 24.9 Å². The van der Waals surface area contributed by atoms with Gasteiger partial charge < -0.3 is 16.4 Å². The number of hydrogen-bond donors (Lipinski definition) is 3. The first-order valence-electron chi connectivity index (χ1n) is 6.35. The van der Waals surface area contributed by atoms with Crippen LogP contribution < -0.4 is 16.4 Å². The molecule has 0 aliphatic heterocycles. The molecule has 0 spiro atoms. The molecule has 0 fully saturated rings. The molecule has 110 valence electrons. The summed E-state index contributed by atoms with van der Waals surface area (Å²) in [6, 6.07) is 7.37. The summed E-state index contributed by atoms with van der Waals surface area (Å²) in [6.45, 7) is 0.317. The molecule has 1 aromatic heterocycles. The molecule has 0 saturated carbocycles. The van der Waals surface area contributed by atoms with E-state index >= 15 is 0 Å². The maximum atomic E-state index is 11.7. The second-order valence-electron chi connectivity index (χ2n) is 4.32. The fourth-order valence-corrected chi connectivity index (χ4v) is 1.71. The largest absolute Gasteiger partial charge is 0.346 e. The molecule has 8 heteroatoms. The average molecular weight is 288 g/mol. The molecule has 4 N–H and O–H groups in total. The Hall–Kier alpha value is -2.74. The number of benzene rings is 1. The van der Waals surface area contributed by atoms with Crippen molar-refractivity contribution in [2.75, 3.05) is 18.4 Å². The molecule has 21 heavy (non-hydrogen) atoms. The molecule has 2 rings (SSSR count). The van der Waals surface area contributed by atoms with E-state index in [1.165, 1.54) is 6.33 Å². The summed E-state index contributed by atoms with van der Waals surface area (Å²) in [7, 11) is 0. The van der Waals surface area contributed by atoms with E-state index in [1.54, 1.807) is 17.1 Å². The number of aromatic nitrogens is 3. The van der Waals surface area contributed by atoms with E-state index in [1.807, 2.05) is 18.2 Å². The Morgan fingerprint density at radius 1 is 1.29 bits per heavy atom. The van der Waals surface area contributed by atoms with E-state index < -0.39 is 0 Å². The first-order chi connectivity index (χ1) is 10.2. The predicted molar refractivity (Wildman–Crippen MR) is 76.3 cm³/mol. The summed E-state index contributed by atoms with van der Waals surface area (Å²) in [5.74, 6) is -0.681. The third kappa shape index (κ3) is 4.69. The van der Waals surface area contributed by atoms with Crippen LogP contribution >= 0.6 is 0 Å². The Bertz CT molecular complexity index is 611. The van der Waals surface area contributed by atoms with Crippen LogP contribution in [0, 0.1) is 0 Å². The number of carbonyl (C=O) groups excluding carboxylic acids is 2. The molecule has 1 aromatic carbocycles. The third-order valence-corrected chi connectivity index (χ3v) is 2.65. The van der Waals surface area contributed by atoms with Gasteiger partial charge in [-0.05, 0) is 17.7 Å². The third-order valence-electron chi connectivity index (χ3n) is 2.65. The number of nitrogens with one attached hydrogen (secondary N) is 2. The second kappa shape index (κ2) is 7.15. The molecule has 8 nitrogen and oxygen atoms in total. The fraction of sp³-hybridized carbons (Fsp3) is 0.231. The summed E-state index contributed by atoms with van der Waals surface area (Å²) < 4.78 is 1.68. The lowest BCUT2D eigenvalue weighted by Crippen LogP contribution is -2.36. The van der Waals surface area contributed by atoms with Gasteiger partial charge in [-0.1, -0.05) is 12.1 Å². The molecule has 0 unspecified atom stereocenters. The van der Waals surface area contributed by atoms with E-state index in [0.29, 0.717) is 12.2 Å². The van der Waals surface area contributed by atoms with Crippen molar-refractivity contribution in [2.24, 2.45) is 5.73 Å². The number of hydrogen-bond acceptors (Lipinski definition) is 5. The van der Waals surface area contributed by atoms with Crippen molar-refractivity contribution in [1.29, 1.82) is 0 Å². The highest BCUT2D eigenvalue weighted by Gasteiger charge is 2.05. The molecule has 0 aliphatic carbocycles. The van der Waals surface area contributed by atoms with Crippen molar-refractivity contribution < 1.29 is 9.59 Å². The van der Waals surface area contributed by atoms with Gasteiger partial charge in [-0.15, -0.1) is 0 Å². The van der Waals surface area contributed by atoms with Gasteiger partial charge in [-0.3, -0.25) is 9.59 Å². The zero-order chi connectivity index (χ0) is 15.1. The van der Waals surface area contributed by atoms with Gasteiger partial charge in [0.2, 0.25) is 11.8 Å². The van der Waals surface area contributed by atoms with Crippen LogP contribution in [0.25, 0.3) is 0 Å². The Morgan fingerprint density at radius 2 is 2.14 bits per heavy atom. The van der Waals surface area contributed by atoms with Crippen molar-refractivity contribution in [3.63, 3.8) is 0 Å². The molecule has 0 atom stereocenters. The normalized spacial score (nSPS) is 10.1. The summed E-state index contributed by atoms with van der Waals surface area (Å²) in [4.78, 5) is 26.5. The minimum Gasteiger partial charge on any atom is -0.346 e. The van der Waals surface area contributed by atoms with Crippen molar-refractivity contribution in [3.05, 3.63) is 42.5 Å². The van der Waals surface area contributed by atoms with Crippen LogP contribution in [0.4, 0.5) is 5.69 Å². The van der Waals surface area contributed by atoms with E-state index in [9.17, 15) is 9.59 Å². The minimum atomic E-state index is -0.370. The van der Waals surface area contributed by atoms with E-state index in [4.69, 9.17) is 5.73 Å². The number of amides is 2. The number of rotatable bonds is 6. The monoisotopic (exact) mass is 288 g/mol. The lowest BCUT2D eigenvalue weighted by atomic mass is 10.2. The fourth-order valence-electron chi connectivity index (χ4n) is 1.71. The van der Waals surface area contributed by atoms with Crippen molar-refractivity contribution in [2.45, 2.75) is 6.54 Å². The number of carbonyl (C=O) groups is 2. The van der Waals surface area contributed by atoms with Crippen LogP contribution in [0.3, 0.4) is 0 Å². The van der Waals surface area contributed by atoms with Gasteiger partial charge in [0, 0.05) is 5.69 Å². The van der Waals surface area contributed by atoms with Crippen molar-refractivity contribution in [1.82, 2.24) is 20.1 Å². The highest BCUT2D eigenvalue weighted by atomic mass is 16.2. The smallest absolute Gasteiger partial charge is 0.243 e. The Morgan fingerprint density at radius 3 is 2.86 bits per heavy atom. The Balaban J connectivity index is 1.91. The van der Waals surface area contributed by atoms with Gasteiger partial charge in [0.25, 0.3) is 0 Å². The van der Waals surface area contributed by atoms with E-state index in [0.717, 1.165) is 5.56 Å². The van der Waals surface area contributed by atoms with Gasteiger partial charge in [-0.2, -0.15) is 5.10 Å². The topological polar surface area (TPSA) is 115 Å². The highest BCUT2D eigenvalue weighted by Crippen LogP contribution is 2.11. The summed E-state index contributed by atoms with van der Waals surface area (Å²) in [5, 5.41) is 9.13. The zero-order valence-electron chi connectivity index (χ0n) is 11.3. The average Bonchev–Trinajstić information content (AvgIpc) is 2.98. The predicted octanol–water partition coefficient (Wildman–Crippen LogP) is -0.660. The van der Waals surface area contributed by atoms with Crippen LogP contribution in [0.2, 0.25) is 0 Å². The van der Waals surface area contributed by atoms with Gasteiger partial charge in [0.15, 0.2) is 0 Å². The lowest BCUT2D eigenvalue weighted by molar-refractivity contribution is -0.123. The molecule has 0 bridgehead atoms. The van der Waals surface area contributed by atoms with Crippen LogP contribution in [-0.2, 0) is 16.1 Å².